The largest absolute Gasteiger partial charge is 0.486 e. The fourth-order valence-corrected chi connectivity index (χ4v) is 3.74. The molecule has 4 rings (SSSR count). The van der Waals surface area contributed by atoms with E-state index in [1.165, 1.54) is 18.4 Å². The van der Waals surface area contributed by atoms with E-state index in [0.29, 0.717) is 49.3 Å². The third-order valence-corrected chi connectivity index (χ3v) is 5.58. The first-order valence-electron chi connectivity index (χ1n) is 9.53. The summed E-state index contributed by atoms with van der Waals surface area (Å²) in [5, 5.41) is 0. The smallest absolute Gasteiger partial charge is 0.246 e. The molecule has 5 nitrogen and oxygen atoms in total. The Hall–Kier alpha value is -2.30. The maximum atomic E-state index is 12.8. The molecule has 0 N–H and O–H groups in total. The van der Waals surface area contributed by atoms with Crippen LogP contribution >= 0.6 is 0 Å². The topological polar surface area (TPSA) is 55.8 Å². The molecule has 26 heavy (non-hydrogen) atoms. The van der Waals surface area contributed by atoms with E-state index in [0.717, 1.165) is 12.8 Å². The average Bonchev–Trinajstić information content (AvgIpc) is 3.52. The number of carbonyl (C=O) groups excluding carboxylic acids is 2. The van der Waals surface area contributed by atoms with Crippen LogP contribution in [0.3, 0.4) is 0 Å². The van der Waals surface area contributed by atoms with Gasteiger partial charge in [-0.1, -0.05) is 5.57 Å². The second-order valence-electron chi connectivity index (χ2n) is 7.48. The van der Waals surface area contributed by atoms with E-state index >= 15 is 0 Å². The molecule has 2 fully saturated rings. The van der Waals surface area contributed by atoms with Crippen LogP contribution in [0.1, 0.15) is 43.0 Å². The lowest BCUT2D eigenvalue weighted by Crippen LogP contribution is -2.39. The Morgan fingerprint density at radius 1 is 1.00 bits per heavy atom. The highest BCUT2D eigenvalue weighted by Gasteiger charge is 2.29. The monoisotopic (exact) mass is 355 g/mol. The molecule has 1 saturated heterocycles. The molecular weight excluding hydrogens is 330 g/mol. The number of fused-ring (bicyclic) bond motifs is 1. The van der Waals surface area contributed by atoms with Crippen molar-refractivity contribution in [1.82, 2.24) is 4.90 Å². The Balaban J connectivity index is 1.36. The molecule has 2 heterocycles. The van der Waals surface area contributed by atoms with E-state index in [-0.39, 0.29) is 17.6 Å². The summed E-state index contributed by atoms with van der Waals surface area (Å²) in [5.41, 5.74) is 1.87. The Morgan fingerprint density at radius 2 is 1.69 bits per heavy atom. The first-order valence-corrected chi connectivity index (χ1v) is 9.53. The number of nitrogens with zero attached hydrogens (tertiary/aromatic N) is 1. The summed E-state index contributed by atoms with van der Waals surface area (Å²) < 4.78 is 11.1. The zero-order chi connectivity index (χ0) is 18.1. The lowest BCUT2D eigenvalue weighted by Gasteiger charge is -2.31. The molecule has 3 aliphatic rings. The van der Waals surface area contributed by atoms with E-state index in [4.69, 9.17) is 9.47 Å². The Labute approximate surface area is 154 Å². The number of hydrogen-bond acceptors (Lipinski definition) is 4. The van der Waals surface area contributed by atoms with Crippen molar-refractivity contribution in [3.63, 3.8) is 0 Å². The van der Waals surface area contributed by atoms with Gasteiger partial charge in [-0.15, -0.1) is 0 Å². The minimum absolute atomic E-state index is 0.0323. The molecule has 0 unspecified atom stereocenters. The molecule has 0 aromatic heterocycles. The molecule has 0 radical (unpaired) electrons. The number of ketones is 1. The predicted molar refractivity (Wildman–Crippen MR) is 97.5 cm³/mol. The van der Waals surface area contributed by atoms with E-state index in [9.17, 15) is 9.59 Å². The number of allylic oxidation sites excluding steroid dienone is 1. The van der Waals surface area contributed by atoms with Gasteiger partial charge in [-0.25, -0.2) is 0 Å². The van der Waals surface area contributed by atoms with Crippen LogP contribution in [0.2, 0.25) is 0 Å². The molecule has 138 valence electrons. The SMILES string of the molecule is C/C(=C\C(=O)N1CCC(C(=O)c2ccc3c(c2)OCCO3)CC1)C1CC1. The van der Waals surface area contributed by atoms with Gasteiger partial charge in [-0.3, -0.25) is 9.59 Å². The molecule has 1 aromatic rings. The van der Waals surface area contributed by atoms with Gasteiger partial charge in [0.25, 0.3) is 0 Å². The quantitative estimate of drug-likeness (QED) is 0.615. The van der Waals surface area contributed by atoms with E-state index < -0.39 is 0 Å². The first-order chi connectivity index (χ1) is 12.6. The fraction of sp³-hybridized carbons (Fsp3) is 0.524. The number of Topliss-reactive ketones (excluding diaryl/α,β-unsaturated/α-hetero) is 1. The van der Waals surface area contributed by atoms with Crippen LogP contribution in [-0.4, -0.2) is 42.9 Å². The molecule has 1 amide bonds. The lowest BCUT2D eigenvalue weighted by molar-refractivity contribution is -0.127. The Kier molecular flexibility index (Phi) is 4.70. The molecule has 0 spiro atoms. The fourth-order valence-electron chi connectivity index (χ4n) is 3.74. The highest BCUT2D eigenvalue weighted by molar-refractivity contribution is 5.98. The third kappa shape index (κ3) is 3.62. The zero-order valence-electron chi connectivity index (χ0n) is 15.2. The van der Waals surface area contributed by atoms with Crippen molar-refractivity contribution in [2.75, 3.05) is 26.3 Å². The van der Waals surface area contributed by atoms with Crippen LogP contribution in [0, 0.1) is 11.8 Å². The van der Waals surface area contributed by atoms with Gasteiger partial charge in [-0.2, -0.15) is 0 Å². The van der Waals surface area contributed by atoms with Crippen LogP contribution in [0.25, 0.3) is 0 Å². The van der Waals surface area contributed by atoms with Crippen LogP contribution in [0.15, 0.2) is 29.8 Å². The molecule has 1 aromatic carbocycles. The normalized spacial score (nSPS) is 20.8. The number of carbonyl (C=O) groups is 2. The molecule has 0 atom stereocenters. The predicted octanol–water partition coefficient (Wildman–Crippen LogP) is 3.24. The first kappa shape index (κ1) is 17.1. The number of piperidine rings is 1. The average molecular weight is 355 g/mol. The number of likely N-dealkylation sites (tertiary alicyclic amines) is 1. The van der Waals surface area contributed by atoms with Crippen molar-refractivity contribution in [3.8, 4) is 11.5 Å². The number of rotatable bonds is 4. The van der Waals surface area contributed by atoms with Crippen molar-refractivity contribution in [1.29, 1.82) is 0 Å². The molecule has 5 heteroatoms. The second kappa shape index (κ2) is 7.14. The van der Waals surface area contributed by atoms with Crippen molar-refractivity contribution in [2.24, 2.45) is 11.8 Å². The van der Waals surface area contributed by atoms with Crippen LogP contribution in [-0.2, 0) is 4.79 Å². The molecule has 2 aliphatic heterocycles. The molecule has 0 bridgehead atoms. The maximum absolute atomic E-state index is 12.8. The van der Waals surface area contributed by atoms with Crippen LogP contribution in [0.5, 0.6) is 11.5 Å². The highest BCUT2D eigenvalue weighted by Crippen LogP contribution is 2.36. The summed E-state index contributed by atoms with van der Waals surface area (Å²) in [7, 11) is 0. The van der Waals surface area contributed by atoms with Gasteiger partial charge in [0.2, 0.25) is 5.91 Å². The van der Waals surface area contributed by atoms with E-state index in [2.05, 4.69) is 0 Å². The maximum Gasteiger partial charge on any atom is 0.246 e. The van der Waals surface area contributed by atoms with Gasteiger partial charge >= 0.3 is 0 Å². The number of ether oxygens (including phenoxy) is 2. The third-order valence-electron chi connectivity index (χ3n) is 5.58. The van der Waals surface area contributed by atoms with Crippen molar-refractivity contribution < 1.29 is 19.1 Å². The number of hydrogen-bond donors (Lipinski definition) is 0. The summed E-state index contributed by atoms with van der Waals surface area (Å²) in [5.74, 6) is 2.17. The van der Waals surface area contributed by atoms with Crippen molar-refractivity contribution in [3.05, 3.63) is 35.4 Å². The molecular formula is C21H25NO4. The summed E-state index contributed by atoms with van der Waals surface area (Å²) in [6.45, 7) is 4.40. The van der Waals surface area contributed by atoms with Gasteiger partial charge in [0.15, 0.2) is 17.3 Å². The van der Waals surface area contributed by atoms with Crippen LogP contribution in [0.4, 0.5) is 0 Å². The van der Waals surface area contributed by atoms with Crippen molar-refractivity contribution in [2.45, 2.75) is 32.6 Å². The lowest BCUT2D eigenvalue weighted by atomic mass is 9.88. The molecule has 1 aliphatic carbocycles. The Morgan fingerprint density at radius 3 is 2.38 bits per heavy atom. The number of amides is 1. The second-order valence-corrected chi connectivity index (χ2v) is 7.48. The highest BCUT2D eigenvalue weighted by atomic mass is 16.6. The summed E-state index contributed by atoms with van der Waals surface area (Å²) >= 11 is 0. The van der Waals surface area contributed by atoms with Gasteiger partial charge in [0.1, 0.15) is 13.2 Å². The van der Waals surface area contributed by atoms with Gasteiger partial charge in [-0.05, 0) is 56.7 Å². The summed E-state index contributed by atoms with van der Waals surface area (Å²) in [6, 6.07) is 5.41. The summed E-state index contributed by atoms with van der Waals surface area (Å²) in [6.07, 6.45) is 5.65. The Bertz CT molecular complexity index is 742. The van der Waals surface area contributed by atoms with Crippen molar-refractivity contribution >= 4 is 11.7 Å². The van der Waals surface area contributed by atoms with Gasteiger partial charge < -0.3 is 14.4 Å². The minimum Gasteiger partial charge on any atom is -0.486 e. The minimum atomic E-state index is -0.0323. The van der Waals surface area contributed by atoms with E-state index in [1.807, 2.05) is 24.0 Å². The number of benzene rings is 1. The molecule has 1 saturated carbocycles. The zero-order valence-corrected chi connectivity index (χ0v) is 15.2. The van der Waals surface area contributed by atoms with Crippen LogP contribution < -0.4 is 9.47 Å². The standard InChI is InChI=1S/C21H25NO4/c1-14(15-2-3-15)12-20(23)22-8-6-16(7-9-22)21(24)17-4-5-18-19(13-17)26-11-10-25-18/h4-5,12-13,15-16H,2-3,6-11H2,1H3/b14-12+. The van der Waals surface area contributed by atoms with E-state index in [1.54, 1.807) is 12.1 Å². The van der Waals surface area contributed by atoms with Gasteiger partial charge in [0.05, 0.1) is 0 Å². The summed E-state index contributed by atoms with van der Waals surface area (Å²) in [4.78, 5) is 27.1. The van der Waals surface area contributed by atoms with Gasteiger partial charge in [0, 0.05) is 30.6 Å².